The molecule has 1 amide bonds. The lowest BCUT2D eigenvalue weighted by Crippen LogP contribution is -2.32. The van der Waals surface area contributed by atoms with E-state index in [4.69, 9.17) is 10.2 Å². The number of anilines is 3. The van der Waals surface area contributed by atoms with E-state index in [1.165, 1.54) is 0 Å². The fourth-order valence-electron chi connectivity index (χ4n) is 2.99. The highest BCUT2D eigenvalue weighted by atomic mass is 16.4. The smallest absolute Gasteiger partial charge is 0.253 e. The Labute approximate surface area is 162 Å². The van der Waals surface area contributed by atoms with Crippen LogP contribution in [0.15, 0.2) is 28.8 Å². The Bertz CT molecular complexity index is 1040. The monoisotopic (exact) mass is 379 g/mol. The lowest BCUT2D eigenvalue weighted by molar-refractivity contribution is -0.130. The van der Waals surface area contributed by atoms with Crippen LogP contribution in [0.5, 0.6) is 0 Å². The molecule has 4 rings (SSSR count). The number of carbonyl (C=O) groups is 1. The second-order valence-electron chi connectivity index (χ2n) is 7.13. The first kappa shape index (κ1) is 17.9. The molecule has 1 aliphatic rings. The third kappa shape index (κ3) is 3.38. The van der Waals surface area contributed by atoms with Gasteiger partial charge in [-0.05, 0) is 23.3 Å². The number of nitrogens with two attached hydrogens (primary N) is 1. The molecular formula is C19H21N7O2. The molecule has 2 aromatic heterocycles. The summed E-state index contributed by atoms with van der Waals surface area (Å²) in [7, 11) is 1.80. The first-order chi connectivity index (χ1) is 13.4. The zero-order chi connectivity index (χ0) is 19.8. The summed E-state index contributed by atoms with van der Waals surface area (Å²) in [4.78, 5) is 22.1. The number of carbonyl (C=O) groups excluding carboxylic acids is 1. The van der Waals surface area contributed by atoms with Crippen LogP contribution in [0.25, 0.3) is 11.5 Å². The second kappa shape index (κ2) is 6.91. The van der Waals surface area contributed by atoms with E-state index in [0.717, 1.165) is 16.8 Å². The number of amides is 1. The maximum absolute atomic E-state index is 11.8. The quantitative estimate of drug-likeness (QED) is 0.709. The molecule has 0 saturated carbocycles. The zero-order valence-corrected chi connectivity index (χ0v) is 15.9. The highest BCUT2D eigenvalue weighted by Gasteiger charge is 2.20. The van der Waals surface area contributed by atoms with Crippen LogP contribution in [-0.2, 0) is 17.8 Å². The van der Waals surface area contributed by atoms with Crippen molar-refractivity contribution in [1.29, 1.82) is 0 Å². The maximum atomic E-state index is 11.8. The summed E-state index contributed by atoms with van der Waals surface area (Å²) in [5, 5.41) is 11.2. The molecule has 0 fully saturated rings. The van der Waals surface area contributed by atoms with Crippen molar-refractivity contribution in [2.75, 3.05) is 18.1 Å². The fourth-order valence-corrected chi connectivity index (χ4v) is 2.99. The molecule has 0 aliphatic carbocycles. The van der Waals surface area contributed by atoms with Crippen molar-refractivity contribution in [3.05, 3.63) is 41.4 Å². The standard InChI is InChI=1S/C19H21N7O2/c1-10(2)17-24-25-18(28-17)14-8-21-19(23-16(14)20)22-13-5-4-11-7-15(27)26(3)9-12(11)6-13/h4-6,8,10H,7,9H2,1-3H3,(H3,20,21,22,23). The van der Waals surface area contributed by atoms with Crippen molar-refractivity contribution in [3.8, 4) is 11.5 Å². The van der Waals surface area contributed by atoms with E-state index in [9.17, 15) is 4.79 Å². The van der Waals surface area contributed by atoms with E-state index >= 15 is 0 Å². The second-order valence-corrected chi connectivity index (χ2v) is 7.13. The molecule has 144 valence electrons. The molecule has 3 heterocycles. The minimum Gasteiger partial charge on any atom is -0.420 e. The Morgan fingerprint density at radius 1 is 1.25 bits per heavy atom. The molecule has 0 atom stereocenters. The minimum absolute atomic E-state index is 0.126. The van der Waals surface area contributed by atoms with E-state index in [-0.39, 0.29) is 17.6 Å². The molecule has 28 heavy (non-hydrogen) atoms. The van der Waals surface area contributed by atoms with Crippen LogP contribution in [0, 0.1) is 0 Å². The van der Waals surface area contributed by atoms with Gasteiger partial charge in [0.05, 0.1) is 12.0 Å². The van der Waals surface area contributed by atoms with E-state index in [1.807, 2.05) is 32.0 Å². The number of hydrogen-bond acceptors (Lipinski definition) is 8. The van der Waals surface area contributed by atoms with Crippen molar-refractivity contribution in [1.82, 2.24) is 25.1 Å². The number of benzene rings is 1. The minimum atomic E-state index is 0.126. The van der Waals surface area contributed by atoms with Gasteiger partial charge in [0, 0.05) is 31.4 Å². The van der Waals surface area contributed by atoms with Crippen LogP contribution in [-0.4, -0.2) is 38.0 Å². The predicted molar refractivity (Wildman–Crippen MR) is 104 cm³/mol. The third-order valence-electron chi connectivity index (χ3n) is 4.62. The van der Waals surface area contributed by atoms with Gasteiger partial charge >= 0.3 is 0 Å². The summed E-state index contributed by atoms with van der Waals surface area (Å²) in [5.41, 5.74) is 9.54. The average Bonchev–Trinajstić information content (AvgIpc) is 3.13. The molecule has 9 heteroatoms. The Balaban J connectivity index is 1.55. The molecule has 3 aromatic rings. The van der Waals surface area contributed by atoms with Gasteiger partial charge in [0.1, 0.15) is 5.82 Å². The number of nitrogens with zero attached hydrogens (tertiary/aromatic N) is 5. The molecule has 0 spiro atoms. The van der Waals surface area contributed by atoms with Crippen molar-refractivity contribution in [2.24, 2.45) is 0 Å². The van der Waals surface area contributed by atoms with Crippen molar-refractivity contribution in [2.45, 2.75) is 32.7 Å². The number of rotatable bonds is 4. The summed E-state index contributed by atoms with van der Waals surface area (Å²) in [6.45, 7) is 4.52. The van der Waals surface area contributed by atoms with Gasteiger partial charge in [-0.25, -0.2) is 4.98 Å². The number of fused-ring (bicyclic) bond motifs is 1. The highest BCUT2D eigenvalue weighted by Crippen LogP contribution is 2.27. The van der Waals surface area contributed by atoms with Crippen LogP contribution >= 0.6 is 0 Å². The first-order valence-corrected chi connectivity index (χ1v) is 9.00. The number of aromatic nitrogens is 4. The summed E-state index contributed by atoms with van der Waals surface area (Å²) in [5.74, 6) is 1.71. The van der Waals surface area contributed by atoms with Gasteiger partial charge in [-0.2, -0.15) is 4.98 Å². The van der Waals surface area contributed by atoms with Gasteiger partial charge in [0.25, 0.3) is 5.89 Å². The summed E-state index contributed by atoms with van der Waals surface area (Å²) < 4.78 is 5.62. The normalized spacial score (nSPS) is 13.7. The van der Waals surface area contributed by atoms with Crippen molar-refractivity contribution >= 4 is 23.4 Å². The lowest BCUT2D eigenvalue weighted by atomic mass is 9.99. The Hall–Kier alpha value is -3.49. The molecule has 0 saturated heterocycles. The summed E-state index contributed by atoms with van der Waals surface area (Å²) in [6.07, 6.45) is 1.99. The molecule has 3 N–H and O–H groups in total. The Morgan fingerprint density at radius 3 is 2.79 bits per heavy atom. The first-order valence-electron chi connectivity index (χ1n) is 9.00. The van der Waals surface area contributed by atoms with Gasteiger partial charge in [-0.1, -0.05) is 19.9 Å². The lowest BCUT2D eigenvalue weighted by Gasteiger charge is -2.25. The van der Waals surface area contributed by atoms with Gasteiger partial charge in [0.15, 0.2) is 0 Å². The molecule has 1 aliphatic heterocycles. The van der Waals surface area contributed by atoms with E-state index in [2.05, 4.69) is 25.5 Å². The molecule has 9 nitrogen and oxygen atoms in total. The van der Waals surface area contributed by atoms with Gasteiger partial charge in [0.2, 0.25) is 17.7 Å². The Morgan fingerprint density at radius 2 is 2.07 bits per heavy atom. The molecular weight excluding hydrogens is 358 g/mol. The molecule has 1 aromatic carbocycles. The van der Waals surface area contributed by atoms with Crippen LogP contribution < -0.4 is 11.1 Å². The van der Waals surface area contributed by atoms with Gasteiger partial charge in [-0.3, -0.25) is 4.79 Å². The molecule has 0 radical (unpaired) electrons. The van der Waals surface area contributed by atoms with Crippen molar-refractivity contribution < 1.29 is 9.21 Å². The number of nitrogens with one attached hydrogen (secondary N) is 1. The Kier molecular flexibility index (Phi) is 4.42. The third-order valence-corrected chi connectivity index (χ3v) is 4.62. The van der Waals surface area contributed by atoms with E-state index in [0.29, 0.717) is 36.3 Å². The van der Waals surface area contributed by atoms with Crippen LogP contribution in [0.2, 0.25) is 0 Å². The van der Waals surface area contributed by atoms with Crippen molar-refractivity contribution in [3.63, 3.8) is 0 Å². The summed E-state index contributed by atoms with van der Waals surface area (Å²) in [6, 6.07) is 5.85. The molecule has 0 unspecified atom stereocenters. The van der Waals surface area contributed by atoms with Crippen LogP contribution in [0.4, 0.5) is 17.5 Å². The molecule has 0 bridgehead atoms. The highest BCUT2D eigenvalue weighted by molar-refractivity contribution is 5.81. The maximum Gasteiger partial charge on any atom is 0.253 e. The SMILES string of the molecule is CC(C)c1nnc(-c2cnc(Nc3ccc4c(c3)CN(C)C(=O)C4)nc2N)o1. The van der Waals surface area contributed by atoms with E-state index < -0.39 is 0 Å². The fraction of sp³-hybridized carbons (Fsp3) is 0.316. The van der Waals surface area contributed by atoms with Gasteiger partial charge < -0.3 is 20.4 Å². The topological polar surface area (TPSA) is 123 Å². The summed E-state index contributed by atoms with van der Waals surface area (Å²) >= 11 is 0. The predicted octanol–water partition coefficient (Wildman–Crippen LogP) is 2.49. The average molecular weight is 379 g/mol. The van der Waals surface area contributed by atoms with Crippen LogP contribution in [0.3, 0.4) is 0 Å². The largest absolute Gasteiger partial charge is 0.420 e. The van der Waals surface area contributed by atoms with Crippen LogP contribution in [0.1, 0.15) is 36.8 Å². The van der Waals surface area contributed by atoms with E-state index in [1.54, 1.807) is 18.1 Å². The number of likely N-dealkylation sites (N-methyl/N-ethyl adjacent to an activating group) is 1. The zero-order valence-electron chi connectivity index (χ0n) is 15.9. The number of hydrogen-bond donors (Lipinski definition) is 2. The number of nitrogen functional groups attached to an aromatic ring is 1. The van der Waals surface area contributed by atoms with Gasteiger partial charge in [-0.15, -0.1) is 10.2 Å².